The number of hydrogen-bond acceptors (Lipinski definition) is 5. The van der Waals surface area contributed by atoms with E-state index in [-0.39, 0.29) is 5.91 Å². The highest BCUT2D eigenvalue weighted by Crippen LogP contribution is 2.38. The molecule has 0 bridgehead atoms. The van der Waals surface area contributed by atoms with Gasteiger partial charge >= 0.3 is 0 Å². The molecular weight excluding hydrogens is 364 g/mol. The van der Waals surface area contributed by atoms with E-state index in [1.54, 1.807) is 12.1 Å². The lowest BCUT2D eigenvalue weighted by atomic mass is 10.1. The van der Waals surface area contributed by atoms with Gasteiger partial charge in [-0.05, 0) is 43.2 Å². The van der Waals surface area contributed by atoms with Crippen molar-refractivity contribution in [3.63, 3.8) is 0 Å². The molecule has 0 N–H and O–H groups in total. The van der Waals surface area contributed by atoms with Crippen molar-refractivity contribution in [2.75, 3.05) is 21.3 Å². The van der Waals surface area contributed by atoms with Gasteiger partial charge in [-0.2, -0.15) is 4.99 Å². The normalized spacial score (nSPS) is 11.7. The topological polar surface area (TPSA) is 62.0 Å². The number of fused-ring (bicyclic) bond motifs is 1. The van der Waals surface area contributed by atoms with E-state index in [1.807, 2.05) is 11.6 Å². The zero-order chi connectivity index (χ0) is 19.7. The Morgan fingerprint density at radius 2 is 1.63 bits per heavy atom. The molecule has 0 spiro atoms. The Morgan fingerprint density at radius 1 is 1.00 bits per heavy atom. The van der Waals surface area contributed by atoms with Gasteiger partial charge in [-0.3, -0.25) is 4.79 Å². The minimum Gasteiger partial charge on any atom is -0.493 e. The van der Waals surface area contributed by atoms with Gasteiger partial charge in [-0.1, -0.05) is 17.4 Å². The van der Waals surface area contributed by atoms with Crippen molar-refractivity contribution < 1.29 is 19.0 Å². The number of rotatable bonds is 4. The molecule has 142 valence electrons. The summed E-state index contributed by atoms with van der Waals surface area (Å²) in [6, 6.07) is 7.44. The summed E-state index contributed by atoms with van der Waals surface area (Å²) < 4.78 is 19.0. The summed E-state index contributed by atoms with van der Waals surface area (Å²) in [5.74, 6) is 0.908. The maximum absolute atomic E-state index is 12.8. The highest BCUT2D eigenvalue weighted by Gasteiger charge is 2.17. The van der Waals surface area contributed by atoms with Crippen molar-refractivity contribution >= 4 is 27.5 Å². The van der Waals surface area contributed by atoms with E-state index in [0.717, 1.165) is 10.2 Å². The number of nitrogens with zero attached hydrogens (tertiary/aromatic N) is 2. The molecule has 3 aromatic rings. The van der Waals surface area contributed by atoms with Crippen molar-refractivity contribution in [3.8, 4) is 17.2 Å². The van der Waals surface area contributed by atoms with Gasteiger partial charge in [0, 0.05) is 12.6 Å². The van der Waals surface area contributed by atoms with Crippen LogP contribution in [0.3, 0.4) is 0 Å². The molecule has 1 amide bonds. The van der Waals surface area contributed by atoms with Crippen LogP contribution in [0.4, 0.5) is 0 Å². The number of hydrogen-bond donors (Lipinski definition) is 0. The SMILES string of the molecule is COc1cc(C(=O)N=c2sc3c(C)cc(C)cc3n2C)cc(OC)c1OC. The number of carbonyl (C=O) groups excluding carboxylic acids is 1. The Balaban J connectivity index is 2.14. The second-order valence-corrected chi connectivity index (χ2v) is 7.18. The highest BCUT2D eigenvalue weighted by atomic mass is 32.1. The molecule has 2 aromatic carbocycles. The maximum atomic E-state index is 12.8. The molecule has 0 aliphatic rings. The summed E-state index contributed by atoms with van der Waals surface area (Å²) in [6.45, 7) is 4.12. The van der Waals surface area contributed by atoms with Gasteiger partial charge in [0.1, 0.15) is 0 Å². The summed E-state index contributed by atoms with van der Waals surface area (Å²) in [5.41, 5.74) is 3.78. The first-order valence-electron chi connectivity index (χ1n) is 8.35. The highest BCUT2D eigenvalue weighted by molar-refractivity contribution is 7.16. The molecule has 6 nitrogen and oxygen atoms in total. The van der Waals surface area contributed by atoms with E-state index in [9.17, 15) is 4.79 Å². The Bertz CT molecular complexity index is 1070. The molecule has 7 heteroatoms. The van der Waals surface area contributed by atoms with Gasteiger partial charge in [0.25, 0.3) is 5.91 Å². The van der Waals surface area contributed by atoms with Crippen LogP contribution in [0.2, 0.25) is 0 Å². The average molecular weight is 386 g/mol. The predicted octanol–water partition coefficient (Wildman–Crippen LogP) is 3.62. The predicted molar refractivity (Wildman–Crippen MR) is 106 cm³/mol. The third-order valence-electron chi connectivity index (χ3n) is 4.35. The molecule has 0 fully saturated rings. The van der Waals surface area contributed by atoms with E-state index in [1.165, 1.54) is 43.8 Å². The average Bonchev–Trinajstić information content (AvgIpc) is 2.96. The molecule has 3 rings (SSSR count). The molecular formula is C20H22N2O4S. The van der Waals surface area contributed by atoms with Crippen LogP contribution in [0.15, 0.2) is 29.3 Å². The van der Waals surface area contributed by atoms with Crippen LogP contribution in [0.5, 0.6) is 17.2 Å². The number of aryl methyl sites for hydroxylation is 3. The number of methoxy groups -OCH3 is 3. The fourth-order valence-electron chi connectivity index (χ4n) is 3.03. The second kappa shape index (κ2) is 7.44. The molecule has 0 unspecified atom stereocenters. The van der Waals surface area contributed by atoms with Crippen molar-refractivity contribution in [3.05, 3.63) is 45.8 Å². The quantitative estimate of drug-likeness (QED) is 0.687. The Hall–Kier alpha value is -2.80. The Labute approximate surface area is 161 Å². The van der Waals surface area contributed by atoms with Crippen molar-refractivity contribution in [2.45, 2.75) is 13.8 Å². The number of carbonyl (C=O) groups is 1. The van der Waals surface area contributed by atoms with E-state index in [0.29, 0.717) is 27.6 Å². The smallest absolute Gasteiger partial charge is 0.279 e. The monoisotopic (exact) mass is 386 g/mol. The molecule has 0 saturated heterocycles. The molecule has 27 heavy (non-hydrogen) atoms. The lowest BCUT2D eigenvalue weighted by Gasteiger charge is -2.12. The Kier molecular flexibility index (Phi) is 5.23. The lowest BCUT2D eigenvalue weighted by molar-refractivity contribution is 0.0997. The van der Waals surface area contributed by atoms with Crippen LogP contribution in [-0.2, 0) is 7.05 Å². The number of aromatic nitrogens is 1. The van der Waals surface area contributed by atoms with Crippen molar-refractivity contribution in [1.82, 2.24) is 4.57 Å². The molecule has 0 saturated carbocycles. The molecule has 1 aromatic heterocycles. The number of thiazole rings is 1. The fraction of sp³-hybridized carbons (Fsp3) is 0.300. The van der Waals surface area contributed by atoms with Crippen LogP contribution in [0.25, 0.3) is 10.2 Å². The zero-order valence-corrected chi connectivity index (χ0v) is 17.1. The summed E-state index contributed by atoms with van der Waals surface area (Å²) in [4.78, 5) is 17.8. The van der Waals surface area contributed by atoms with E-state index in [4.69, 9.17) is 14.2 Å². The fourth-order valence-corrected chi connectivity index (χ4v) is 4.10. The van der Waals surface area contributed by atoms with E-state index >= 15 is 0 Å². The summed E-state index contributed by atoms with van der Waals surface area (Å²) in [6.07, 6.45) is 0. The zero-order valence-electron chi connectivity index (χ0n) is 16.2. The standard InChI is InChI=1S/C20H22N2O4S/c1-11-7-12(2)18-14(8-11)22(3)20(27-18)21-19(23)13-9-15(24-4)17(26-6)16(10-13)25-5/h7-10H,1-6H3. The van der Waals surface area contributed by atoms with Crippen molar-refractivity contribution in [2.24, 2.45) is 12.0 Å². The maximum Gasteiger partial charge on any atom is 0.279 e. The minimum absolute atomic E-state index is 0.370. The van der Waals surface area contributed by atoms with Crippen LogP contribution >= 0.6 is 11.3 Å². The molecule has 0 atom stereocenters. The van der Waals surface area contributed by atoms with Gasteiger partial charge < -0.3 is 18.8 Å². The number of benzene rings is 2. The minimum atomic E-state index is -0.370. The van der Waals surface area contributed by atoms with Crippen LogP contribution in [0, 0.1) is 13.8 Å². The lowest BCUT2D eigenvalue weighted by Crippen LogP contribution is -2.13. The first kappa shape index (κ1) is 19.0. The molecule has 1 heterocycles. The first-order chi connectivity index (χ1) is 12.9. The summed E-state index contributed by atoms with van der Waals surface area (Å²) in [5, 5.41) is 0. The molecule has 0 aliphatic carbocycles. The summed E-state index contributed by atoms with van der Waals surface area (Å²) >= 11 is 1.50. The van der Waals surface area contributed by atoms with E-state index < -0.39 is 0 Å². The van der Waals surface area contributed by atoms with Gasteiger partial charge in [0.2, 0.25) is 5.75 Å². The van der Waals surface area contributed by atoms with Gasteiger partial charge in [0.05, 0.1) is 31.5 Å². The van der Waals surface area contributed by atoms with Gasteiger partial charge in [-0.15, -0.1) is 0 Å². The Morgan fingerprint density at radius 3 is 2.19 bits per heavy atom. The van der Waals surface area contributed by atoms with Crippen LogP contribution in [0.1, 0.15) is 21.5 Å². The largest absolute Gasteiger partial charge is 0.493 e. The summed E-state index contributed by atoms with van der Waals surface area (Å²) in [7, 11) is 6.46. The third kappa shape index (κ3) is 3.42. The second-order valence-electron chi connectivity index (χ2n) is 6.20. The third-order valence-corrected chi connectivity index (χ3v) is 5.63. The van der Waals surface area contributed by atoms with Crippen molar-refractivity contribution in [1.29, 1.82) is 0 Å². The van der Waals surface area contributed by atoms with Crippen LogP contribution < -0.4 is 19.0 Å². The van der Waals surface area contributed by atoms with Crippen LogP contribution in [-0.4, -0.2) is 31.8 Å². The number of amides is 1. The number of ether oxygens (including phenoxy) is 3. The van der Waals surface area contributed by atoms with Gasteiger partial charge in [-0.25, -0.2) is 0 Å². The molecule has 0 radical (unpaired) electrons. The van der Waals surface area contributed by atoms with E-state index in [2.05, 4.69) is 31.0 Å². The molecule has 0 aliphatic heterocycles. The van der Waals surface area contributed by atoms with Gasteiger partial charge in [0.15, 0.2) is 16.3 Å². The first-order valence-corrected chi connectivity index (χ1v) is 9.17.